The van der Waals surface area contributed by atoms with E-state index in [1.807, 2.05) is 19.1 Å². The van der Waals surface area contributed by atoms with Crippen LogP contribution in [-0.4, -0.2) is 26.3 Å². The Morgan fingerprint density at radius 2 is 1.43 bits per heavy atom. The molecule has 2 rings (SSSR count). The predicted molar refractivity (Wildman–Crippen MR) is 118 cm³/mol. The van der Waals surface area contributed by atoms with E-state index in [0.717, 1.165) is 10.1 Å². The van der Waals surface area contributed by atoms with E-state index in [9.17, 15) is 9.59 Å². The Kier molecular flexibility index (Phi) is 9.07. The normalized spacial score (nSPS) is 11.1. The fourth-order valence-corrected chi connectivity index (χ4v) is 3.36. The molecular weight excluding hydrogens is 465 g/mol. The zero-order chi connectivity index (χ0) is 20.4. The van der Waals surface area contributed by atoms with E-state index in [4.69, 9.17) is 46.8 Å². The molecule has 0 aliphatic rings. The van der Waals surface area contributed by atoms with Gasteiger partial charge in [0.15, 0.2) is 5.78 Å². The quantitative estimate of drug-likeness (QED) is 0.259. The number of benzene rings is 2. The number of nitrogens with zero attached hydrogens (tertiary/aromatic N) is 2. The van der Waals surface area contributed by atoms with Gasteiger partial charge in [-0.15, -0.1) is 16.9 Å². The lowest BCUT2D eigenvalue weighted by Crippen LogP contribution is -2.48. The number of hydrogen-bond donors (Lipinski definition) is 0. The van der Waals surface area contributed by atoms with Gasteiger partial charge < -0.3 is 0 Å². The van der Waals surface area contributed by atoms with Crippen molar-refractivity contribution in [2.75, 3.05) is 0 Å². The monoisotopic (exact) mass is 482 g/mol. The smallest absolute Gasteiger partial charge is 0.284 e. The Hall–Kier alpha value is -1.01. The topological polar surface area (TPSA) is 40.6 Å². The van der Waals surface area contributed by atoms with Crippen molar-refractivity contribution in [1.82, 2.24) is 9.06 Å². The Morgan fingerprint density at radius 1 is 0.929 bits per heavy atom. The van der Waals surface area contributed by atoms with Crippen molar-refractivity contribution >= 4 is 70.9 Å². The molecule has 0 fully saturated rings. The van der Waals surface area contributed by atoms with E-state index in [2.05, 4.69) is 0 Å². The Balaban J connectivity index is 0.00000392. The molecule has 0 saturated carbocycles. The maximum absolute atomic E-state index is 12.6. The van der Waals surface area contributed by atoms with Crippen LogP contribution in [0.5, 0.6) is 0 Å². The van der Waals surface area contributed by atoms with Crippen LogP contribution in [0.1, 0.15) is 46.5 Å². The standard InChI is InChI=1S/C19H18Cl4N2O2.ClH/c1-12-4-6-13(7-5-12)17(26)11-19(2,3)25(23)24(22)18(27)14-8-15(20)10-16(21)9-14;/h4-10H,11H2,1-3H3;1H. The number of carbonyl (C=O) groups excluding carboxylic acids is 2. The number of carbonyl (C=O) groups is 2. The number of hydrazine groups is 1. The fraction of sp³-hybridized carbons (Fsp3) is 0.263. The molecule has 1 amide bonds. The number of rotatable bonds is 6. The van der Waals surface area contributed by atoms with Gasteiger partial charge in [0, 0.05) is 51.1 Å². The van der Waals surface area contributed by atoms with E-state index in [0.29, 0.717) is 20.1 Å². The molecule has 0 unspecified atom stereocenters. The van der Waals surface area contributed by atoms with Crippen molar-refractivity contribution in [2.45, 2.75) is 32.7 Å². The van der Waals surface area contributed by atoms with Gasteiger partial charge in [-0.1, -0.05) is 53.0 Å². The molecule has 152 valence electrons. The van der Waals surface area contributed by atoms with E-state index >= 15 is 0 Å². The maximum atomic E-state index is 12.6. The van der Waals surface area contributed by atoms with Crippen LogP contribution in [0.4, 0.5) is 0 Å². The first-order valence-electron chi connectivity index (χ1n) is 8.03. The third-order valence-electron chi connectivity index (χ3n) is 3.90. The average molecular weight is 485 g/mol. The fourth-order valence-electron chi connectivity index (χ4n) is 2.40. The number of ketones is 1. The van der Waals surface area contributed by atoms with Crippen molar-refractivity contribution in [3.05, 3.63) is 69.2 Å². The second-order valence-electron chi connectivity index (χ2n) is 6.76. The highest BCUT2D eigenvalue weighted by atomic mass is 35.5. The molecule has 2 aromatic carbocycles. The summed E-state index contributed by atoms with van der Waals surface area (Å²) in [7, 11) is 0. The lowest BCUT2D eigenvalue weighted by molar-refractivity contribution is 0.0374. The van der Waals surface area contributed by atoms with E-state index in [1.165, 1.54) is 18.2 Å². The lowest BCUT2D eigenvalue weighted by Gasteiger charge is -2.35. The highest BCUT2D eigenvalue weighted by molar-refractivity contribution is 6.35. The van der Waals surface area contributed by atoms with E-state index < -0.39 is 11.4 Å². The zero-order valence-corrected chi connectivity index (χ0v) is 19.2. The number of amides is 1. The van der Waals surface area contributed by atoms with Gasteiger partial charge in [0.25, 0.3) is 5.91 Å². The summed E-state index contributed by atoms with van der Waals surface area (Å²) in [5, 5.41) is 0.594. The van der Waals surface area contributed by atoms with E-state index in [-0.39, 0.29) is 30.2 Å². The molecule has 0 heterocycles. The molecule has 0 aliphatic carbocycles. The minimum Gasteiger partial charge on any atom is -0.294 e. The summed E-state index contributed by atoms with van der Waals surface area (Å²) in [6.07, 6.45) is 0.0480. The summed E-state index contributed by atoms with van der Waals surface area (Å²) < 4.78 is 1.71. The molecular formula is C19H19Cl5N2O2. The van der Waals surface area contributed by atoms with Crippen molar-refractivity contribution in [3.8, 4) is 0 Å². The minimum atomic E-state index is -0.941. The highest BCUT2D eigenvalue weighted by Gasteiger charge is 2.35. The van der Waals surface area contributed by atoms with Crippen LogP contribution in [0, 0.1) is 6.92 Å². The third kappa shape index (κ3) is 6.24. The first kappa shape index (κ1) is 25.0. The summed E-state index contributed by atoms with van der Waals surface area (Å²) in [6.45, 7) is 5.36. The maximum Gasteiger partial charge on any atom is 0.284 e. The highest BCUT2D eigenvalue weighted by Crippen LogP contribution is 2.29. The molecule has 0 radical (unpaired) electrons. The summed E-state index contributed by atoms with van der Waals surface area (Å²) in [5.74, 6) is -0.735. The molecule has 0 atom stereocenters. The SMILES string of the molecule is Cc1ccc(C(=O)CC(C)(C)N(Cl)N(Cl)C(=O)c2cc(Cl)cc(Cl)c2)cc1.Cl. The van der Waals surface area contributed by atoms with Gasteiger partial charge in [-0.25, -0.2) is 0 Å². The average Bonchev–Trinajstić information content (AvgIpc) is 2.59. The molecule has 0 aliphatic heterocycles. The van der Waals surface area contributed by atoms with Crippen LogP contribution in [0.2, 0.25) is 10.0 Å². The lowest BCUT2D eigenvalue weighted by atomic mass is 9.94. The first-order chi connectivity index (χ1) is 12.5. The van der Waals surface area contributed by atoms with Crippen LogP contribution in [0.15, 0.2) is 42.5 Å². The molecule has 4 nitrogen and oxygen atoms in total. The number of hydrogen-bond acceptors (Lipinski definition) is 3. The molecule has 0 saturated heterocycles. The summed E-state index contributed by atoms with van der Waals surface area (Å²) in [5.41, 5.74) is 0.854. The summed E-state index contributed by atoms with van der Waals surface area (Å²) >= 11 is 24.3. The Labute approximate surface area is 190 Å². The predicted octanol–water partition coefficient (Wildman–Crippen LogP) is 6.74. The van der Waals surface area contributed by atoms with Crippen LogP contribution >= 0.6 is 59.2 Å². The zero-order valence-electron chi connectivity index (χ0n) is 15.4. The van der Waals surface area contributed by atoms with Crippen LogP contribution < -0.4 is 0 Å². The Bertz CT molecular complexity index is 836. The molecule has 9 heteroatoms. The first-order valence-corrected chi connectivity index (χ1v) is 9.46. The largest absolute Gasteiger partial charge is 0.294 e. The van der Waals surface area contributed by atoms with Gasteiger partial charge in [0.2, 0.25) is 0 Å². The van der Waals surface area contributed by atoms with Gasteiger partial charge >= 0.3 is 0 Å². The van der Waals surface area contributed by atoms with Crippen molar-refractivity contribution in [3.63, 3.8) is 0 Å². The molecule has 0 aromatic heterocycles. The molecule has 0 spiro atoms. The molecule has 2 aromatic rings. The Morgan fingerprint density at radius 3 is 1.93 bits per heavy atom. The molecule has 28 heavy (non-hydrogen) atoms. The molecule has 0 N–H and O–H groups in total. The van der Waals surface area contributed by atoms with Gasteiger partial charge in [-0.3, -0.25) is 9.59 Å². The van der Waals surface area contributed by atoms with Crippen LogP contribution in [0.25, 0.3) is 0 Å². The number of halogens is 5. The van der Waals surface area contributed by atoms with Gasteiger partial charge in [0.1, 0.15) is 0 Å². The van der Waals surface area contributed by atoms with Crippen molar-refractivity contribution in [1.29, 1.82) is 0 Å². The number of Topliss-reactive ketones (excluding diaryl/α,β-unsaturated/α-hetero) is 1. The molecule has 0 bridgehead atoms. The summed E-state index contributed by atoms with van der Waals surface area (Å²) in [4.78, 5) is 25.2. The van der Waals surface area contributed by atoms with Crippen LogP contribution in [0.3, 0.4) is 0 Å². The number of aryl methyl sites for hydroxylation is 1. The van der Waals surface area contributed by atoms with Gasteiger partial charge in [0.05, 0.1) is 5.54 Å². The van der Waals surface area contributed by atoms with Crippen molar-refractivity contribution < 1.29 is 9.59 Å². The van der Waals surface area contributed by atoms with Crippen molar-refractivity contribution in [2.24, 2.45) is 0 Å². The second-order valence-corrected chi connectivity index (χ2v) is 8.28. The van der Waals surface area contributed by atoms with Crippen LogP contribution in [-0.2, 0) is 0 Å². The van der Waals surface area contributed by atoms with Gasteiger partial charge in [-0.2, -0.15) is 4.53 Å². The third-order valence-corrected chi connectivity index (χ3v) is 5.32. The summed E-state index contributed by atoms with van der Waals surface area (Å²) in [6, 6.07) is 11.6. The van der Waals surface area contributed by atoms with Gasteiger partial charge in [-0.05, 0) is 39.0 Å². The second kappa shape index (κ2) is 10.1. The minimum absolute atomic E-state index is 0. The van der Waals surface area contributed by atoms with E-state index in [1.54, 1.807) is 26.0 Å².